The van der Waals surface area contributed by atoms with E-state index in [4.69, 9.17) is 5.11 Å². The van der Waals surface area contributed by atoms with Crippen molar-refractivity contribution in [1.29, 1.82) is 0 Å². The molecular weight excluding hydrogens is 246 g/mol. The van der Waals surface area contributed by atoms with E-state index in [0.717, 1.165) is 0 Å². The van der Waals surface area contributed by atoms with Crippen molar-refractivity contribution in [3.63, 3.8) is 0 Å². The zero-order valence-corrected chi connectivity index (χ0v) is 11.9. The van der Waals surface area contributed by atoms with E-state index in [2.05, 4.69) is 5.10 Å². The van der Waals surface area contributed by atoms with Crippen LogP contribution < -0.4 is 5.56 Å². The van der Waals surface area contributed by atoms with Crippen molar-refractivity contribution in [2.45, 2.75) is 27.2 Å². The molecule has 0 unspecified atom stereocenters. The highest BCUT2D eigenvalue weighted by molar-refractivity contribution is 5.95. The van der Waals surface area contributed by atoms with E-state index in [1.807, 2.05) is 6.92 Å². The van der Waals surface area contributed by atoms with Gasteiger partial charge in [-0.05, 0) is 32.8 Å². The third kappa shape index (κ3) is 3.20. The Kier molecular flexibility index (Phi) is 5.23. The van der Waals surface area contributed by atoms with E-state index >= 15 is 0 Å². The molecule has 0 spiro atoms. The Morgan fingerprint density at radius 2 is 2.05 bits per heavy atom. The molecule has 0 radical (unpaired) electrons. The van der Waals surface area contributed by atoms with Crippen LogP contribution in [0.2, 0.25) is 0 Å². The Morgan fingerprint density at radius 3 is 2.58 bits per heavy atom. The van der Waals surface area contributed by atoms with Crippen LogP contribution in [-0.2, 0) is 7.05 Å². The van der Waals surface area contributed by atoms with Crippen LogP contribution in [0.25, 0.3) is 0 Å². The number of aromatic nitrogens is 2. The van der Waals surface area contributed by atoms with Crippen LogP contribution in [0, 0.1) is 13.8 Å². The van der Waals surface area contributed by atoms with Crippen LogP contribution in [0.4, 0.5) is 0 Å². The van der Waals surface area contributed by atoms with Crippen LogP contribution in [-0.4, -0.2) is 45.4 Å². The molecule has 6 nitrogen and oxygen atoms in total. The van der Waals surface area contributed by atoms with Crippen LogP contribution in [0.5, 0.6) is 0 Å². The van der Waals surface area contributed by atoms with Gasteiger partial charge in [0.25, 0.3) is 11.5 Å². The lowest BCUT2D eigenvalue weighted by molar-refractivity contribution is 0.0750. The second-order valence-corrected chi connectivity index (χ2v) is 4.48. The van der Waals surface area contributed by atoms with Gasteiger partial charge in [0.15, 0.2) is 0 Å². The summed E-state index contributed by atoms with van der Waals surface area (Å²) < 4.78 is 1.19. The third-order valence-electron chi connectivity index (χ3n) is 3.19. The van der Waals surface area contributed by atoms with Gasteiger partial charge in [0.05, 0.1) is 5.69 Å². The summed E-state index contributed by atoms with van der Waals surface area (Å²) in [5.74, 6) is -0.292. The first-order valence-electron chi connectivity index (χ1n) is 6.38. The van der Waals surface area contributed by atoms with Crippen molar-refractivity contribution in [3.05, 3.63) is 27.2 Å². The molecule has 1 N–H and O–H groups in total. The quantitative estimate of drug-likeness (QED) is 0.829. The van der Waals surface area contributed by atoms with Crippen LogP contribution in [0.1, 0.15) is 35.0 Å². The van der Waals surface area contributed by atoms with Gasteiger partial charge >= 0.3 is 0 Å². The zero-order valence-electron chi connectivity index (χ0n) is 11.9. The molecule has 106 valence electrons. The molecule has 1 aromatic rings. The summed E-state index contributed by atoms with van der Waals surface area (Å²) >= 11 is 0. The number of hydrogen-bond acceptors (Lipinski definition) is 4. The van der Waals surface area contributed by atoms with Crippen molar-refractivity contribution in [2.24, 2.45) is 7.05 Å². The predicted octanol–water partition coefficient (Wildman–Crippen LogP) is 0.242. The van der Waals surface area contributed by atoms with Crippen molar-refractivity contribution >= 4 is 5.91 Å². The number of hydrogen-bond donors (Lipinski definition) is 1. The molecule has 0 saturated heterocycles. The molecule has 0 aromatic carbocycles. The maximum absolute atomic E-state index is 12.4. The van der Waals surface area contributed by atoms with Crippen LogP contribution in [0.3, 0.4) is 0 Å². The van der Waals surface area contributed by atoms with Crippen molar-refractivity contribution < 1.29 is 9.90 Å². The Bertz CT molecular complexity index is 523. The van der Waals surface area contributed by atoms with Crippen molar-refractivity contribution in [2.75, 3.05) is 19.7 Å². The second-order valence-electron chi connectivity index (χ2n) is 4.48. The average Bonchev–Trinajstić information content (AvgIpc) is 2.37. The Morgan fingerprint density at radius 1 is 1.42 bits per heavy atom. The highest BCUT2D eigenvalue weighted by atomic mass is 16.3. The van der Waals surface area contributed by atoms with Crippen LogP contribution >= 0.6 is 0 Å². The van der Waals surface area contributed by atoms with Gasteiger partial charge in [0.1, 0.15) is 5.56 Å². The molecule has 0 saturated carbocycles. The van der Waals surface area contributed by atoms with E-state index in [-0.39, 0.29) is 23.6 Å². The molecule has 0 bridgehead atoms. The Hall–Kier alpha value is -1.69. The summed E-state index contributed by atoms with van der Waals surface area (Å²) in [7, 11) is 1.54. The summed E-state index contributed by atoms with van der Waals surface area (Å²) in [5.41, 5.74) is 1.09. The average molecular weight is 267 g/mol. The molecule has 0 fully saturated rings. The monoisotopic (exact) mass is 267 g/mol. The van der Waals surface area contributed by atoms with E-state index in [0.29, 0.717) is 30.8 Å². The van der Waals surface area contributed by atoms with Crippen LogP contribution in [0.15, 0.2) is 4.79 Å². The molecule has 1 aromatic heterocycles. The smallest absolute Gasteiger partial charge is 0.279 e. The first-order valence-corrected chi connectivity index (χ1v) is 6.38. The number of nitrogens with zero attached hydrogens (tertiary/aromatic N) is 3. The second kappa shape index (κ2) is 6.47. The third-order valence-corrected chi connectivity index (χ3v) is 3.19. The van der Waals surface area contributed by atoms with E-state index < -0.39 is 0 Å². The lowest BCUT2D eigenvalue weighted by Gasteiger charge is -2.21. The van der Waals surface area contributed by atoms with E-state index in [9.17, 15) is 9.59 Å². The largest absolute Gasteiger partial charge is 0.396 e. The number of aryl methyl sites for hydroxylation is 2. The van der Waals surface area contributed by atoms with Gasteiger partial charge in [0, 0.05) is 26.7 Å². The molecule has 6 heteroatoms. The minimum Gasteiger partial charge on any atom is -0.396 e. The summed E-state index contributed by atoms with van der Waals surface area (Å²) in [6.45, 7) is 6.32. The maximum Gasteiger partial charge on any atom is 0.279 e. The van der Waals surface area contributed by atoms with Gasteiger partial charge < -0.3 is 10.0 Å². The Labute approximate surface area is 112 Å². The topological polar surface area (TPSA) is 75.4 Å². The lowest BCUT2D eigenvalue weighted by atomic mass is 10.1. The molecule has 0 atom stereocenters. The van der Waals surface area contributed by atoms with E-state index in [1.54, 1.807) is 18.7 Å². The molecular formula is C13H21N3O3. The lowest BCUT2D eigenvalue weighted by Crippen LogP contribution is -2.39. The first kappa shape index (κ1) is 15.4. The first-order chi connectivity index (χ1) is 8.93. The minimum atomic E-state index is -0.379. The number of aliphatic hydroxyl groups excluding tert-OH is 1. The van der Waals surface area contributed by atoms with Crippen molar-refractivity contribution in [1.82, 2.24) is 14.7 Å². The number of carbonyl (C=O) groups excluding carboxylic acids is 1. The van der Waals surface area contributed by atoms with Gasteiger partial charge in [-0.15, -0.1) is 0 Å². The number of rotatable bonds is 5. The molecule has 0 aliphatic heterocycles. The highest BCUT2D eigenvalue weighted by Crippen LogP contribution is 2.09. The van der Waals surface area contributed by atoms with Gasteiger partial charge in [-0.1, -0.05) is 0 Å². The van der Waals surface area contributed by atoms with Gasteiger partial charge in [0.2, 0.25) is 0 Å². The van der Waals surface area contributed by atoms with E-state index in [1.165, 1.54) is 11.7 Å². The summed E-state index contributed by atoms with van der Waals surface area (Å²) in [5, 5.41) is 12.9. The van der Waals surface area contributed by atoms with Gasteiger partial charge in [-0.25, -0.2) is 4.68 Å². The fourth-order valence-corrected chi connectivity index (χ4v) is 1.92. The standard InChI is InChI=1S/C13H21N3O3/c1-5-16(7-6-8-17)13(19)11-9(2)10(3)14-15(4)12(11)18/h17H,5-8H2,1-4H3. The molecule has 1 amide bonds. The molecule has 1 heterocycles. The van der Waals surface area contributed by atoms with Gasteiger partial charge in [-0.3, -0.25) is 9.59 Å². The van der Waals surface area contributed by atoms with Crippen molar-refractivity contribution in [3.8, 4) is 0 Å². The Balaban J connectivity index is 3.21. The minimum absolute atomic E-state index is 0.0240. The normalized spacial score (nSPS) is 10.6. The van der Waals surface area contributed by atoms with Gasteiger partial charge in [-0.2, -0.15) is 5.10 Å². The molecule has 1 rings (SSSR count). The maximum atomic E-state index is 12.4. The fourth-order valence-electron chi connectivity index (χ4n) is 1.92. The number of aliphatic hydroxyl groups is 1. The predicted molar refractivity (Wildman–Crippen MR) is 72.2 cm³/mol. The molecule has 0 aliphatic rings. The fraction of sp³-hybridized carbons (Fsp3) is 0.615. The summed E-state index contributed by atoms with van der Waals surface area (Å²) in [6, 6.07) is 0. The SMILES string of the molecule is CCN(CCCO)C(=O)c1c(C)c(C)nn(C)c1=O. The summed E-state index contributed by atoms with van der Waals surface area (Å²) in [6.07, 6.45) is 0.503. The zero-order chi connectivity index (χ0) is 14.6. The number of amides is 1. The number of carbonyl (C=O) groups is 1. The molecule has 0 aliphatic carbocycles. The summed E-state index contributed by atoms with van der Waals surface area (Å²) in [4.78, 5) is 26.1. The highest BCUT2D eigenvalue weighted by Gasteiger charge is 2.22. The molecule has 19 heavy (non-hydrogen) atoms.